The number of nitrogens with two attached hydrogens (primary N) is 1. The zero-order valence-electron chi connectivity index (χ0n) is 16.1. The Bertz CT molecular complexity index is 682. The van der Waals surface area contributed by atoms with Gasteiger partial charge in [0.2, 0.25) is 5.91 Å². The SMILES string of the molecule is CCCCC1CCC(C(=O)NCC#CCOc2ccccc2C(N)=O)CC1. The molecule has 1 aliphatic carbocycles. The van der Waals surface area contributed by atoms with Crippen LogP contribution < -0.4 is 15.8 Å². The van der Waals surface area contributed by atoms with Crippen molar-refractivity contribution in [1.82, 2.24) is 5.32 Å². The maximum Gasteiger partial charge on any atom is 0.252 e. The summed E-state index contributed by atoms with van der Waals surface area (Å²) in [5, 5.41) is 2.90. The van der Waals surface area contributed by atoms with Crippen molar-refractivity contribution in [1.29, 1.82) is 0 Å². The first-order valence-corrected chi connectivity index (χ1v) is 9.86. The number of carbonyl (C=O) groups is 2. The Hall–Kier alpha value is -2.48. The molecular formula is C22H30N2O3. The zero-order chi connectivity index (χ0) is 19.5. The van der Waals surface area contributed by atoms with E-state index in [1.54, 1.807) is 24.3 Å². The van der Waals surface area contributed by atoms with E-state index in [2.05, 4.69) is 24.1 Å². The van der Waals surface area contributed by atoms with Crippen LogP contribution in [0, 0.1) is 23.7 Å². The fraction of sp³-hybridized carbons (Fsp3) is 0.545. The van der Waals surface area contributed by atoms with Gasteiger partial charge in [0.15, 0.2) is 0 Å². The maximum atomic E-state index is 12.2. The van der Waals surface area contributed by atoms with Crippen molar-refractivity contribution in [3.05, 3.63) is 29.8 Å². The number of carbonyl (C=O) groups excluding carboxylic acids is 2. The van der Waals surface area contributed by atoms with Crippen LogP contribution in [0.25, 0.3) is 0 Å². The molecule has 0 unspecified atom stereocenters. The molecule has 146 valence electrons. The second-order valence-corrected chi connectivity index (χ2v) is 7.08. The Morgan fingerprint density at radius 2 is 1.93 bits per heavy atom. The predicted octanol–water partition coefficient (Wildman–Crippen LogP) is 3.28. The van der Waals surface area contributed by atoms with Gasteiger partial charge in [-0.25, -0.2) is 0 Å². The van der Waals surface area contributed by atoms with Crippen LogP contribution >= 0.6 is 0 Å². The second-order valence-electron chi connectivity index (χ2n) is 7.08. The Balaban J connectivity index is 1.66. The number of nitrogens with one attached hydrogen (secondary N) is 1. The smallest absolute Gasteiger partial charge is 0.252 e. The van der Waals surface area contributed by atoms with E-state index in [1.807, 2.05) is 0 Å². The highest BCUT2D eigenvalue weighted by Gasteiger charge is 2.25. The zero-order valence-corrected chi connectivity index (χ0v) is 16.1. The van der Waals surface area contributed by atoms with Crippen molar-refractivity contribution >= 4 is 11.8 Å². The van der Waals surface area contributed by atoms with Gasteiger partial charge in [0.1, 0.15) is 12.4 Å². The summed E-state index contributed by atoms with van der Waals surface area (Å²) in [5.41, 5.74) is 5.64. The minimum Gasteiger partial charge on any atom is -0.480 e. The van der Waals surface area contributed by atoms with Crippen molar-refractivity contribution in [2.75, 3.05) is 13.2 Å². The minimum absolute atomic E-state index is 0.109. The quantitative estimate of drug-likeness (QED) is 0.689. The van der Waals surface area contributed by atoms with E-state index in [0.29, 0.717) is 17.9 Å². The highest BCUT2D eigenvalue weighted by atomic mass is 16.5. The lowest BCUT2D eigenvalue weighted by atomic mass is 9.79. The van der Waals surface area contributed by atoms with Gasteiger partial charge in [0, 0.05) is 5.92 Å². The molecule has 0 spiro atoms. The number of benzene rings is 1. The van der Waals surface area contributed by atoms with Gasteiger partial charge in [-0.05, 0) is 43.7 Å². The van der Waals surface area contributed by atoms with Crippen LogP contribution in [0.5, 0.6) is 5.75 Å². The molecule has 5 heteroatoms. The molecule has 27 heavy (non-hydrogen) atoms. The van der Waals surface area contributed by atoms with Crippen molar-refractivity contribution in [2.24, 2.45) is 17.6 Å². The van der Waals surface area contributed by atoms with Gasteiger partial charge < -0.3 is 15.8 Å². The standard InChI is InChI=1S/C22H30N2O3/c1-2-3-8-17-11-13-18(14-12-17)22(26)24-15-6-7-16-27-20-10-5-4-9-19(20)21(23)25/h4-5,9-10,17-18H,2-3,8,11-16H2,1H3,(H2,23,25)(H,24,26). The molecular weight excluding hydrogens is 340 g/mol. The summed E-state index contributed by atoms with van der Waals surface area (Å²) in [4.78, 5) is 23.5. The predicted molar refractivity (Wildman–Crippen MR) is 106 cm³/mol. The molecule has 2 amide bonds. The fourth-order valence-corrected chi connectivity index (χ4v) is 3.51. The topological polar surface area (TPSA) is 81.4 Å². The molecule has 1 saturated carbocycles. The average molecular weight is 370 g/mol. The van der Waals surface area contributed by atoms with Gasteiger partial charge in [0.25, 0.3) is 5.91 Å². The van der Waals surface area contributed by atoms with E-state index in [-0.39, 0.29) is 18.4 Å². The normalized spacial score (nSPS) is 18.9. The second kappa shape index (κ2) is 11.3. The minimum atomic E-state index is -0.532. The molecule has 0 atom stereocenters. The third kappa shape index (κ3) is 6.97. The molecule has 0 radical (unpaired) electrons. The Morgan fingerprint density at radius 1 is 1.19 bits per heavy atom. The summed E-state index contributed by atoms with van der Waals surface area (Å²) in [6.45, 7) is 2.68. The molecule has 3 N–H and O–H groups in total. The van der Waals surface area contributed by atoms with E-state index in [1.165, 1.54) is 19.3 Å². The van der Waals surface area contributed by atoms with E-state index in [4.69, 9.17) is 10.5 Å². The number of ether oxygens (including phenoxy) is 1. The van der Waals surface area contributed by atoms with Gasteiger partial charge in [0.05, 0.1) is 12.1 Å². The van der Waals surface area contributed by atoms with Crippen LogP contribution in [-0.4, -0.2) is 25.0 Å². The Labute approximate surface area is 162 Å². The average Bonchev–Trinajstić information content (AvgIpc) is 2.69. The molecule has 2 rings (SSSR count). The monoisotopic (exact) mass is 370 g/mol. The van der Waals surface area contributed by atoms with E-state index in [9.17, 15) is 9.59 Å². The van der Waals surface area contributed by atoms with Gasteiger partial charge in [-0.3, -0.25) is 9.59 Å². The molecule has 0 saturated heterocycles. The van der Waals surface area contributed by atoms with Crippen molar-refractivity contribution in [3.63, 3.8) is 0 Å². The lowest BCUT2D eigenvalue weighted by Gasteiger charge is -2.27. The van der Waals surface area contributed by atoms with Crippen LogP contribution in [0.4, 0.5) is 0 Å². The molecule has 0 aliphatic heterocycles. The van der Waals surface area contributed by atoms with Crippen LogP contribution in [0.15, 0.2) is 24.3 Å². The van der Waals surface area contributed by atoms with E-state index in [0.717, 1.165) is 31.6 Å². The highest BCUT2D eigenvalue weighted by Crippen LogP contribution is 2.31. The molecule has 1 aromatic carbocycles. The van der Waals surface area contributed by atoms with Crippen molar-refractivity contribution in [2.45, 2.75) is 51.9 Å². The van der Waals surface area contributed by atoms with Crippen LogP contribution in [-0.2, 0) is 4.79 Å². The molecule has 0 aromatic heterocycles. The molecule has 0 bridgehead atoms. The third-order valence-electron chi connectivity index (χ3n) is 5.11. The summed E-state index contributed by atoms with van der Waals surface area (Å²) < 4.78 is 5.48. The number of para-hydroxylation sites is 1. The highest BCUT2D eigenvalue weighted by molar-refractivity contribution is 5.95. The van der Waals surface area contributed by atoms with Crippen molar-refractivity contribution in [3.8, 4) is 17.6 Å². The molecule has 1 aromatic rings. The first-order valence-electron chi connectivity index (χ1n) is 9.86. The van der Waals surface area contributed by atoms with Crippen LogP contribution in [0.1, 0.15) is 62.2 Å². The Morgan fingerprint density at radius 3 is 2.63 bits per heavy atom. The Kier molecular flexibility index (Phi) is 8.70. The van der Waals surface area contributed by atoms with Gasteiger partial charge in [-0.2, -0.15) is 0 Å². The van der Waals surface area contributed by atoms with Crippen LogP contribution in [0.2, 0.25) is 0 Å². The maximum absolute atomic E-state index is 12.2. The summed E-state index contributed by atoms with van der Waals surface area (Å²) in [6, 6.07) is 6.79. The lowest BCUT2D eigenvalue weighted by molar-refractivity contribution is -0.125. The van der Waals surface area contributed by atoms with Crippen molar-refractivity contribution < 1.29 is 14.3 Å². The first-order chi connectivity index (χ1) is 13.1. The summed E-state index contributed by atoms with van der Waals surface area (Å²) in [5.74, 6) is 6.66. The molecule has 1 fully saturated rings. The lowest BCUT2D eigenvalue weighted by Crippen LogP contribution is -2.33. The van der Waals surface area contributed by atoms with Gasteiger partial charge in [-0.1, -0.05) is 50.2 Å². The molecule has 5 nitrogen and oxygen atoms in total. The fourth-order valence-electron chi connectivity index (χ4n) is 3.51. The first kappa shape index (κ1) is 20.8. The number of amides is 2. The van der Waals surface area contributed by atoms with E-state index >= 15 is 0 Å². The van der Waals surface area contributed by atoms with Gasteiger partial charge >= 0.3 is 0 Å². The summed E-state index contributed by atoms with van der Waals surface area (Å²) in [7, 11) is 0. The molecule has 0 heterocycles. The number of rotatable bonds is 8. The summed E-state index contributed by atoms with van der Waals surface area (Å²) in [6.07, 6.45) is 8.14. The number of hydrogen-bond acceptors (Lipinski definition) is 3. The number of unbranched alkanes of at least 4 members (excludes halogenated alkanes) is 1. The number of hydrogen-bond donors (Lipinski definition) is 2. The summed E-state index contributed by atoms with van der Waals surface area (Å²) >= 11 is 0. The van der Waals surface area contributed by atoms with E-state index < -0.39 is 5.91 Å². The largest absolute Gasteiger partial charge is 0.480 e. The number of primary amides is 1. The van der Waals surface area contributed by atoms with Gasteiger partial charge in [-0.15, -0.1) is 0 Å². The third-order valence-corrected chi connectivity index (χ3v) is 5.11. The molecule has 1 aliphatic rings. The van der Waals surface area contributed by atoms with Crippen LogP contribution in [0.3, 0.4) is 0 Å².